The van der Waals surface area contributed by atoms with E-state index >= 15 is 0 Å². The molecule has 0 aliphatic heterocycles. The molecule has 0 amide bonds. The molecule has 0 aromatic carbocycles. The SMILES string of the molecule is CC(=O)c1cccnc1Sc1nc(=O)c(=O)[nH]n1C. The average Bonchev–Trinajstić information content (AvgIpc) is 2.36. The number of hydrogen-bond acceptors (Lipinski definition) is 6. The number of nitrogens with one attached hydrogen (secondary N) is 1. The van der Waals surface area contributed by atoms with E-state index in [4.69, 9.17) is 0 Å². The highest BCUT2D eigenvalue weighted by molar-refractivity contribution is 7.99. The van der Waals surface area contributed by atoms with Crippen LogP contribution in [0.5, 0.6) is 0 Å². The maximum atomic E-state index is 11.5. The molecule has 0 bridgehead atoms. The van der Waals surface area contributed by atoms with Crippen LogP contribution < -0.4 is 11.1 Å². The van der Waals surface area contributed by atoms with Crippen LogP contribution in [0.4, 0.5) is 0 Å². The van der Waals surface area contributed by atoms with Gasteiger partial charge in [0.05, 0.1) is 0 Å². The molecule has 2 rings (SSSR count). The Hall–Kier alpha value is -2.22. The number of H-pyrrole nitrogens is 1. The van der Waals surface area contributed by atoms with Crippen molar-refractivity contribution in [2.24, 2.45) is 7.05 Å². The molecule has 7 nitrogen and oxygen atoms in total. The number of ketones is 1. The fraction of sp³-hybridized carbons (Fsp3) is 0.182. The summed E-state index contributed by atoms with van der Waals surface area (Å²) in [6.07, 6.45) is 1.54. The number of Topliss-reactive ketones (excluding diaryl/α,β-unsaturated/α-hetero) is 1. The van der Waals surface area contributed by atoms with E-state index in [2.05, 4.69) is 15.1 Å². The molecule has 98 valence electrons. The van der Waals surface area contributed by atoms with E-state index in [1.165, 1.54) is 11.6 Å². The first-order valence-electron chi connectivity index (χ1n) is 5.30. The molecule has 0 spiro atoms. The second-order valence-electron chi connectivity index (χ2n) is 3.71. The Morgan fingerprint density at radius 2 is 2.16 bits per heavy atom. The van der Waals surface area contributed by atoms with Crippen molar-refractivity contribution in [3.8, 4) is 0 Å². The Morgan fingerprint density at radius 1 is 1.42 bits per heavy atom. The predicted octanol–water partition coefficient (Wildman–Crippen LogP) is 0.217. The lowest BCUT2D eigenvalue weighted by Gasteiger charge is -2.07. The minimum atomic E-state index is -0.874. The number of aromatic amines is 1. The van der Waals surface area contributed by atoms with E-state index in [9.17, 15) is 14.4 Å². The number of aryl methyl sites for hydroxylation is 1. The maximum Gasteiger partial charge on any atom is 0.339 e. The van der Waals surface area contributed by atoms with E-state index in [0.29, 0.717) is 10.6 Å². The Morgan fingerprint density at radius 3 is 2.84 bits per heavy atom. The number of nitrogens with zero attached hydrogens (tertiary/aromatic N) is 3. The van der Waals surface area contributed by atoms with Crippen LogP contribution in [-0.2, 0) is 7.05 Å². The predicted molar refractivity (Wildman–Crippen MR) is 68.5 cm³/mol. The van der Waals surface area contributed by atoms with Gasteiger partial charge < -0.3 is 0 Å². The Labute approximate surface area is 111 Å². The van der Waals surface area contributed by atoms with Gasteiger partial charge in [-0.3, -0.25) is 24.2 Å². The third kappa shape index (κ3) is 2.79. The van der Waals surface area contributed by atoms with Crippen molar-refractivity contribution in [3.63, 3.8) is 0 Å². The number of pyridine rings is 1. The van der Waals surface area contributed by atoms with Gasteiger partial charge in [-0.2, -0.15) is 4.98 Å². The lowest BCUT2D eigenvalue weighted by molar-refractivity contribution is 0.101. The summed E-state index contributed by atoms with van der Waals surface area (Å²) in [5, 5.41) is 3.02. The van der Waals surface area contributed by atoms with Gasteiger partial charge in [0.25, 0.3) is 0 Å². The lowest BCUT2D eigenvalue weighted by Crippen LogP contribution is -2.33. The van der Waals surface area contributed by atoms with Gasteiger partial charge in [-0.1, -0.05) is 0 Å². The molecule has 0 unspecified atom stereocenters. The molecule has 2 heterocycles. The van der Waals surface area contributed by atoms with Gasteiger partial charge in [-0.05, 0) is 30.8 Å². The highest BCUT2D eigenvalue weighted by Crippen LogP contribution is 2.25. The molecule has 0 aliphatic carbocycles. The molecule has 8 heteroatoms. The van der Waals surface area contributed by atoms with Crippen molar-refractivity contribution in [2.45, 2.75) is 17.1 Å². The van der Waals surface area contributed by atoms with Crippen LogP contribution in [0.1, 0.15) is 17.3 Å². The van der Waals surface area contributed by atoms with E-state index in [-0.39, 0.29) is 10.9 Å². The molecular weight excluding hydrogens is 268 g/mol. The standard InChI is InChI=1S/C11H10N4O3S/c1-6(16)7-4-3-5-12-10(7)19-11-13-8(17)9(18)14-15(11)2/h3-5H,1-2H3,(H,14,18). The fourth-order valence-corrected chi connectivity index (χ4v) is 2.30. The summed E-state index contributed by atoms with van der Waals surface area (Å²) in [7, 11) is 1.55. The van der Waals surface area contributed by atoms with Gasteiger partial charge >= 0.3 is 11.1 Å². The zero-order valence-electron chi connectivity index (χ0n) is 10.2. The number of carbonyl (C=O) groups excluding carboxylic acids is 1. The summed E-state index contributed by atoms with van der Waals surface area (Å²) in [5.41, 5.74) is -1.23. The number of aromatic nitrogens is 4. The molecule has 19 heavy (non-hydrogen) atoms. The van der Waals surface area contributed by atoms with Crippen LogP contribution in [0.25, 0.3) is 0 Å². The summed E-state index contributed by atoms with van der Waals surface area (Å²) in [6, 6.07) is 3.29. The number of hydrogen-bond donors (Lipinski definition) is 1. The van der Waals surface area contributed by atoms with Crippen molar-refractivity contribution in [3.05, 3.63) is 44.6 Å². The fourth-order valence-electron chi connectivity index (χ4n) is 1.38. The maximum absolute atomic E-state index is 11.5. The highest BCUT2D eigenvalue weighted by Gasteiger charge is 2.12. The molecule has 0 radical (unpaired) electrons. The van der Waals surface area contributed by atoms with Crippen LogP contribution in [0.2, 0.25) is 0 Å². The average molecular weight is 278 g/mol. The molecule has 0 fully saturated rings. The van der Waals surface area contributed by atoms with Gasteiger partial charge in [0.15, 0.2) is 10.9 Å². The first-order valence-corrected chi connectivity index (χ1v) is 6.12. The summed E-state index contributed by atoms with van der Waals surface area (Å²) in [6.45, 7) is 1.43. The first kappa shape index (κ1) is 13.2. The van der Waals surface area contributed by atoms with E-state index in [1.54, 1.807) is 25.4 Å². The Kier molecular flexibility index (Phi) is 3.61. The lowest BCUT2D eigenvalue weighted by atomic mass is 10.2. The van der Waals surface area contributed by atoms with Gasteiger partial charge in [0.1, 0.15) is 5.03 Å². The molecule has 0 aliphatic rings. The highest BCUT2D eigenvalue weighted by atomic mass is 32.2. The van der Waals surface area contributed by atoms with Gasteiger partial charge in [0.2, 0.25) is 0 Å². The molecule has 2 aromatic rings. The van der Waals surface area contributed by atoms with Crippen LogP contribution in [0, 0.1) is 0 Å². The second-order valence-corrected chi connectivity index (χ2v) is 4.67. The van der Waals surface area contributed by atoms with Gasteiger partial charge in [-0.25, -0.2) is 4.98 Å². The quantitative estimate of drug-likeness (QED) is 0.637. The molecule has 0 saturated carbocycles. The van der Waals surface area contributed by atoms with E-state index < -0.39 is 11.1 Å². The van der Waals surface area contributed by atoms with Crippen LogP contribution in [0.15, 0.2) is 38.1 Å². The first-order chi connectivity index (χ1) is 8.99. The topological polar surface area (TPSA) is 97.7 Å². The zero-order valence-corrected chi connectivity index (χ0v) is 11.0. The normalized spacial score (nSPS) is 10.4. The van der Waals surface area contributed by atoms with E-state index in [0.717, 1.165) is 11.8 Å². The minimum Gasteiger partial charge on any atom is -0.294 e. The zero-order chi connectivity index (χ0) is 14.0. The van der Waals surface area contributed by atoms with Crippen molar-refractivity contribution in [2.75, 3.05) is 0 Å². The molecule has 1 N–H and O–H groups in total. The monoisotopic (exact) mass is 278 g/mol. The second kappa shape index (κ2) is 5.19. The third-order valence-electron chi connectivity index (χ3n) is 2.29. The van der Waals surface area contributed by atoms with E-state index in [1.807, 2.05) is 0 Å². The summed E-state index contributed by atoms with van der Waals surface area (Å²) < 4.78 is 1.31. The summed E-state index contributed by atoms with van der Waals surface area (Å²) in [5.74, 6) is -0.134. The van der Waals surface area contributed by atoms with Crippen molar-refractivity contribution >= 4 is 17.5 Å². The van der Waals surface area contributed by atoms with Crippen molar-refractivity contribution < 1.29 is 4.79 Å². The van der Waals surface area contributed by atoms with Crippen LogP contribution in [-0.4, -0.2) is 25.5 Å². The van der Waals surface area contributed by atoms with Crippen molar-refractivity contribution in [1.29, 1.82) is 0 Å². The molecule has 2 aromatic heterocycles. The Bertz CT molecular complexity index is 750. The summed E-state index contributed by atoms with van der Waals surface area (Å²) in [4.78, 5) is 41.5. The van der Waals surface area contributed by atoms with Crippen LogP contribution in [0.3, 0.4) is 0 Å². The summed E-state index contributed by atoms with van der Waals surface area (Å²) >= 11 is 1.04. The van der Waals surface area contributed by atoms with Crippen molar-refractivity contribution in [1.82, 2.24) is 19.7 Å². The number of rotatable bonds is 3. The third-order valence-corrected chi connectivity index (χ3v) is 3.35. The number of carbonyl (C=O) groups is 1. The molecule has 0 atom stereocenters. The minimum absolute atomic E-state index is 0.134. The molecule has 0 saturated heterocycles. The molecular formula is C11H10N4O3S. The smallest absolute Gasteiger partial charge is 0.294 e. The van der Waals surface area contributed by atoms with Crippen LogP contribution >= 0.6 is 11.8 Å². The Balaban J connectivity index is 2.48. The largest absolute Gasteiger partial charge is 0.339 e. The van der Waals surface area contributed by atoms with Gasteiger partial charge in [-0.15, -0.1) is 0 Å². The van der Waals surface area contributed by atoms with Gasteiger partial charge in [0, 0.05) is 18.8 Å².